The number of benzene rings is 2. The molecule has 0 aromatic heterocycles. The molecule has 0 amide bonds. The van der Waals surface area contributed by atoms with E-state index >= 15 is 0 Å². The number of hydrogen-bond donors (Lipinski definition) is 1. The Kier molecular flexibility index (Phi) is 6.49. The first-order valence-corrected chi connectivity index (χ1v) is 10.5. The molecule has 1 fully saturated rings. The highest BCUT2D eigenvalue weighted by molar-refractivity contribution is 7.92. The van der Waals surface area contributed by atoms with Gasteiger partial charge in [-0.25, -0.2) is 8.42 Å². The van der Waals surface area contributed by atoms with Gasteiger partial charge in [-0.3, -0.25) is 9.21 Å². The van der Waals surface area contributed by atoms with Crippen molar-refractivity contribution in [2.75, 3.05) is 43.7 Å². The molecule has 1 N–H and O–H groups in total. The van der Waals surface area contributed by atoms with E-state index in [0.717, 1.165) is 18.7 Å². The maximum Gasteiger partial charge on any atom is 0.264 e. The molecule has 2 aromatic carbocycles. The predicted octanol–water partition coefficient (Wildman–Crippen LogP) is 1.88. The number of rotatable bonds is 7. The van der Waals surface area contributed by atoms with Gasteiger partial charge in [-0.15, -0.1) is 0 Å². The lowest BCUT2D eigenvalue weighted by molar-refractivity contribution is 0.0166. The standard InChI is InChI=1S/C20H26N2O4S/c1-17-6-5-7-18(14-17)22(27(24,25)20-8-3-2-4-9-20)16-19(23)15-21-10-12-26-13-11-21/h2-9,14,19,23H,10-13,15-16H2,1H3/t19-/m0/s1. The largest absolute Gasteiger partial charge is 0.390 e. The molecule has 1 heterocycles. The van der Waals surface area contributed by atoms with Crippen LogP contribution in [0.4, 0.5) is 5.69 Å². The summed E-state index contributed by atoms with van der Waals surface area (Å²) in [5.41, 5.74) is 1.52. The van der Waals surface area contributed by atoms with Crippen LogP contribution in [0, 0.1) is 6.92 Å². The number of ether oxygens (including phenoxy) is 1. The zero-order valence-corrected chi connectivity index (χ0v) is 16.3. The Morgan fingerprint density at radius 1 is 1.11 bits per heavy atom. The fraction of sp³-hybridized carbons (Fsp3) is 0.400. The van der Waals surface area contributed by atoms with Gasteiger partial charge in [-0.2, -0.15) is 0 Å². The van der Waals surface area contributed by atoms with E-state index in [9.17, 15) is 13.5 Å². The van der Waals surface area contributed by atoms with E-state index in [4.69, 9.17) is 4.74 Å². The molecule has 1 saturated heterocycles. The summed E-state index contributed by atoms with van der Waals surface area (Å²) in [5, 5.41) is 10.6. The quantitative estimate of drug-likeness (QED) is 0.782. The van der Waals surface area contributed by atoms with Crippen LogP contribution in [0.5, 0.6) is 0 Å². The molecule has 1 aliphatic rings. The van der Waals surface area contributed by atoms with E-state index in [1.54, 1.807) is 36.4 Å². The SMILES string of the molecule is Cc1cccc(N(C[C@@H](O)CN2CCOCC2)S(=O)(=O)c2ccccc2)c1. The molecule has 0 aliphatic carbocycles. The number of anilines is 1. The Morgan fingerprint density at radius 3 is 2.48 bits per heavy atom. The highest BCUT2D eigenvalue weighted by atomic mass is 32.2. The van der Waals surface area contributed by atoms with Gasteiger partial charge in [0.25, 0.3) is 10.0 Å². The lowest BCUT2D eigenvalue weighted by Crippen LogP contribution is -2.46. The number of aliphatic hydroxyl groups excluding tert-OH is 1. The molecular weight excluding hydrogens is 364 g/mol. The molecule has 0 radical (unpaired) electrons. The van der Waals surface area contributed by atoms with Crippen molar-refractivity contribution in [1.29, 1.82) is 0 Å². The number of aryl methyl sites for hydroxylation is 1. The van der Waals surface area contributed by atoms with Crippen molar-refractivity contribution in [2.24, 2.45) is 0 Å². The second-order valence-electron chi connectivity index (χ2n) is 6.76. The van der Waals surface area contributed by atoms with Crippen LogP contribution < -0.4 is 4.31 Å². The molecule has 27 heavy (non-hydrogen) atoms. The molecule has 1 aliphatic heterocycles. The third kappa shape index (κ3) is 5.07. The summed E-state index contributed by atoms with van der Waals surface area (Å²) in [6, 6.07) is 15.7. The van der Waals surface area contributed by atoms with Gasteiger partial charge < -0.3 is 9.84 Å². The second kappa shape index (κ2) is 8.84. The van der Waals surface area contributed by atoms with Gasteiger partial charge >= 0.3 is 0 Å². The second-order valence-corrected chi connectivity index (χ2v) is 8.62. The van der Waals surface area contributed by atoms with E-state index in [0.29, 0.717) is 25.4 Å². The minimum atomic E-state index is -3.78. The third-order valence-electron chi connectivity index (χ3n) is 4.57. The van der Waals surface area contributed by atoms with Crippen molar-refractivity contribution in [1.82, 2.24) is 4.90 Å². The van der Waals surface area contributed by atoms with Gasteiger partial charge in [-0.05, 0) is 36.8 Å². The fourth-order valence-electron chi connectivity index (χ4n) is 3.18. The topological polar surface area (TPSA) is 70.1 Å². The normalized spacial score (nSPS) is 16.8. The van der Waals surface area contributed by atoms with Crippen molar-refractivity contribution in [2.45, 2.75) is 17.9 Å². The molecule has 3 rings (SSSR count). The fourth-order valence-corrected chi connectivity index (χ4v) is 4.69. The van der Waals surface area contributed by atoms with Crippen LogP contribution in [-0.4, -0.2) is 63.9 Å². The van der Waals surface area contributed by atoms with E-state index in [1.807, 2.05) is 25.1 Å². The Labute approximate surface area is 161 Å². The molecule has 7 heteroatoms. The summed E-state index contributed by atoms with van der Waals surface area (Å²) in [6.45, 7) is 5.09. The zero-order chi connectivity index (χ0) is 19.3. The van der Waals surface area contributed by atoms with Gasteiger partial charge in [-0.1, -0.05) is 30.3 Å². The van der Waals surface area contributed by atoms with Crippen molar-refractivity contribution < 1.29 is 18.3 Å². The number of aliphatic hydroxyl groups is 1. The highest BCUT2D eigenvalue weighted by Gasteiger charge is 2.28. The first-order valence-electron chi connectivity index (χ1n) is 9.09. The lowest BCUT2D eigenvalue weighted by atomic mass is 10.2. The third-order valence-corrected chi connectivity index (χ3v) is 6.38. The van der Waals surface area contributed by atoms with Crippen molar-refractivity contribution >= 4 is 15.7 Å². The monoisotopic (exact) mass is 390 g/mol. The van der Waals surface area contributed by atoms with Crippen LogP contribution in [-0.2, 0) is 14.8 Å². The summed E-state index contributed by atoms with van der Waals surface area (Å²) in [5.74, 6) is 0. The molecule has 0 unspecified atom stereocenters. The summed E-state index contributed by atoms with van der Waals surface area (Å²) < 4.78 is 33.1. The van der Waals surface area contributed by atoms with Crippen molar-refractivity contribution in [3.05, 3.63) is 60.2 Å². The van der Waals surface area contributed by atoms with E-state index in [2.05, 4.69) is 4.90 Å². The van der Waals surface area contributed by atoms with Gasteiger partial charge in [0.05, 0.1) is 36.4 Å². The van der Waals surface area contributed by atoms with E-state index in [-0.39, 0.29) is 11.4 Å². The molecule has 1 atom stereocenters. The average molecular weight is 391 g/mol. The van der Waals surface area contributed by atoms with Crippen molar-refractivity contribution in [3.63, 3.8) is 0 Å². The number of β-amino-alcohol motifs (C(OH)–C–C–N with tert-alkyl or cyclic N) is 1. The molecule has 0 saturated carbocycles. The van der Waals surface area contributed by atoms with Crippen LogP contribution in [0.25, 0.3) is 0 Å². The maximum atomic E-state index is 13.3. The van der Waals surface area contributed by atoms with Crippen molar-refractivity contribution in [3.8, 4) is 0 Å². The summed E-state index contributed by atoms with van der Waals surface area (Å²) in [4.78, 5) is 2.31. The van der Waals surface area contributed by atoms with E-state index in [1.165, 1.54) is 4.31 Å². The number of nitrogens with zero attached hydrogens (tertiary/aromatic N) is 2. The molecule has 0 bridgehead atoms. The number of sulfonamides is 1. The number of morpholine rings is 1. The van der Waals surface area contributed by atoms with Gasteiger partial charge in [0, 0.05) is 19.6 Å². The Balaban J connectivity index is 1.86. The smallest absolute Gasteiger partial charge is 0.264 e. The van der Waals surface area contributed by atoms with Gasteiger partial charge in [0.15, 0.2) is 0 Å². The minimum absolute atomic E-state index is 0.00195. The molecular formula is C20H26N2O4S. The predicted molar refractivity (Wildman–Crippen MR) is 105 cm³/mol. The molecule has 6 nitrogen and oxygen atoms in total. The lowest BCUT2D eigenvalue weighted by Gasteiger charge is -2.31. The summed E-state index contributed by atoms with van der Waals surface area (Å²) in [7, 11) is -3.78. The van der Waals surface area contributed by atoms with Crippen LogP contribution in [0.2, 0.25) is 0 Å². The van der Waals surface area contributed by atoms with Crippen LogP contribution in [0.3, 0.4) is 0 Å². The Morgan fingerprint density at radius 2 is 1.81 bits per heavy atom. The first-order chi connectivity index (χ1) is 13.0. The van der Waals surface area contributed by atoms with Crippen LogP contribution in [0.1, 0.15) is 5.56 Å². The molecule has 2 aromatic rings. The Hall–Kier alpha value is -1.93. The van der Waals surface area contributed by atoms with Gasteiger partial charge in [0.1, 0.15) is 0 Å². The summed E-state index contributed by atoms with van der Waals surface area (Å²) in [6.07, 6.45) is -0.804. The summed E-state index contributed by atoms with van der Waals surface area (Å²) >= 11 is 0. The average Bonchev–Trinajstić information content (AvgIpc) is 2.67. The highest BCUT2D eigenvalue weighted by Crippen LogP contribution is 2.25. The zero-order valence-electron chi connectivity index (χ0n) is 15.5. The first kappa shape index (κ1) is 19.8. The Bertz CT molecular complexity index is 836. The molecule has 146 valence electrons. The van der Waals surface area contributed by atoms with E-state index < -0.39 is 16.1 Å². The minimum Gasteiger partial charge on any atom is -0.390 e. The van der Waals surface area contributed by atoms with Gasteiger partial charge in [0.2, 0.25) is 0 Å². The van der Waals surface area contributed by atoms with Crippen LogP contribution >= 0.6 is 0 Å². The molecule has 0 spiro atoms. The number of hydrogen-bond acceptors (Lipinski definition) is 5. The maximum absolute atomic E-state index is 13.3. The van der Waals surface area contributed by atoms with Crippen LogP contribution in [0.15, 0.2) is 59.5 Å².